The summed E-state index contributed by atoms with van der Waals surface area (Å²) in [5.74, 6) is -0.421. The molecule has 0 amide bonds. The predicted octanol–water partition coefficient (Wildman–Crippen LogP) is 4.00. The first-order valence-electron chi connectivity index (χ1n) is 5.73. The predicted molar refractivity (Wildman–Crippen MR) is 80.3 cm³/mol. The van der Waals surface area contributed by atoms with Gasteiger partial charge in [0, 0.05) is 15.5 Å². The van der Waals surface area contributed by atoms with Crippen LogP contribution in [0.1, 0.15) is 23.0 Å². The van der Waals surface area contributed by atoms with Crippen LogP contribution in [-0.4, -0.2) is 18.1 Å². The minimum atomic E-state index is -0.421. The van der Waals surface area contributed by atoms with Crippen molar-refractivity contribution in [2.24, 2.45) is 0 Å². The average Bonchev–Trinajstić information content (AvgIpc) is 2.88. The Kier molecular flexibility index (Phi) is 4.55. The van der Waals surface area contributed by atoms with Gasteiger partial charge in [0.15, 0.2) is 10.8 Å². The fraction of sp³-hybridized carbons (Fsp3) is 0.231. The van der Waals surface area contributed by atoms with E-state index in [9.17, 15) is 4.79 Å². The van der Waals surface area contributed by atoms with Gasteiger partial charge in [0.05, 0.1) is 7.11 Å². The molecule has 0 saturated carbocycles. The van der Waals surface area contributed by atoms with E-state index < -0.39 is 5.97 Å². The molecule has 0 aliphatic heterocycles. The Hall–Kier alpha value is -1.40. The molecule has 4 nitrogen and oxygen atoms in total. The zero-order valence-corrected chi connectivity index (χ0v) is 13.0. The van der Waals surface area contributed by atoms with Crippen molar-refractivity contribution in [3.8, 4) is 0 Å². The van der Waals surface area contributed by atoms with Crippen molar-refractivity contribution in [3.05, 3.63) is 39.3 Å². The SMILES string of the molecule is CCc1cc(Br)ccc1Nc1nc(C(=O)OC)cs1. The van der Waals surface area contributed by atoms with Crippen molar-refractivity contribution in [1.82, 2.24) is 4.98 Å². The maximum atomic E-state index is 11.3. The second-order valence-electron chi connectivity index (χ2n) is 3.81. The molecule has 0 radical (unpaired) electrons. The fourth-order valence-electron chi connectivity index (χ4n) is 1.62. The van der Waals surface area contributed by atoms with Crippen LogP contribution in [0.5, 0.6) is 0 Å². The van der Waals surface area contributed by atoms with Crippen molar-refractivity contribution in [2.45, 2.75) is 13.3 Å². The van der Waals surface area contributed by atoms with Crippen molar-refractivity contribution in [3.63, 3.8) is 0 Å². The van der Waals surface area contributed by atoms with Crippen LogP contribution in [0.3, 0.4) is 0 Å². The van der Waals surface area contributed by atoms with E-state index in [0.29, 0.717) is 10.8 Å². The second kappa shape index (κ2) is 6.16. The molecule has 0 bridgehead atoms. The molecule has 0 spiro atoms. The van der Waals surface area contributed by atoms with Gasteiger partial charge in [-0.15, -0.1) is 11.3 Å². The molecule has 0 aliphatic rings. The Morgan fingerprint density at radius 1 is 1.53 bits per heavy atom. The first kappa shape index (κ1) is 14.0. The van der Waals surface area contributed by atoms with Gasteiger partial charge in [-0.1, -0.05) is 22.9 Å². The molecule has 0 aliphatic carbocycles. The Morgan fingerprint density at radius 3 is 3.00 bits per heavy atom. The Bertz CT molecular complexity index is 598. The van der Waals surface area contributed by atoms with Crippen LogP contribution in [0, 0.1) is 0 Å². The summed E-state index contributed by atoms with van der Waals surface area (Å²) in [5, 5.41) is 5.59. The largest absolute Gasteiger partial charge is 0.464 e. The summed E-state index contributed by atoms with van der Waals surface area (Å²) >= 11 is 4.83. The second-order valence-corrected chi connectivity index (χ2v) is 5.58. The highest BCUT2D eigenvalue weighted by Crippen LogP contribution is 2.26. The van der Waals surface area contributed by atoms with Gasteiger partial charge in [0.2, 0.25) is 0 Å². The Balaban J connectivity index is 2.21. The third-order valence-corrected chi connectivity index (χ3v) is 3.84. The molecule has 2 aromatic rings. The first-order chi connectivity index (χ1) is 9.13. The Labute approximate surface area is 124 Å². The van der Waals surface area contributed by atoms with Gasteiger partial charge in [0.25, 0.3) is 0 Å². The molecule has 1 aromatic heterocycles. The lowest BCUT2D eigenvalue weighted by Gasteiger charge is -2.08. The normalized spacial score (nSPS) is 10.3. The molecule has 2 rings (SSSR count). The summed E-state index contributed by atoms with van der Waals surface area (Å²) in [6, 6.07) is 6.02. The van der Waals surface area contributed by atoms with Gasteiger partial charge in [-0.2, -0.15) is 0 Å². The summed E-state index contributed by atoms with van der Waals surface area (Å²) in [4.78, 5) is 15.5. The maximum Gasteiger partial charge on any atom is 0.357 e. The molecule has 6 heteroatoms. The molecule has 1 N–H and O–H groups in total. The van der Waals surface area contributed by atoms with E-state index in [4.69, 9.17) is 0 Å². The van der Waals surface area contributed by atoms with Gasteiger partial charge >= 0.3 is 5.97 Å². The minimum absolute atomic E-state index is 0.324. The van der Waals surface area contributed by atoms with Crippen LogP contribution in [0.4, 0.5) is 10.8 Å². The highest BCUT2D eigenvalue weighted by molar-refractivity contribution is 9.10. The van der Waals surface area contributed by atoms with E-state index in [0.717, 1.165) is 16.6 Å². The number of nitrogens with one attached hydrogen (secondary N) is 1. The number of ether oxygens (including phenoxy) is 1. The average molecular weight is 341 g/mol. The number of esters is 1. The van der Waals surface area contributed by atoms with Gasteiger partial charge in [-0.3, -0.25) is 0 Å². The van der Waals surface area contributed by atoms with Crippen molar-refractivity contribution >= 4 is 44.1 Å². The topological polar surface area (TPSA) is 51.2 Å². The molecular formula is C13H13BrN2O2S. The first-order valence-corrected chi connectivity index (χ1v) is 7.40. The monoisotopic (exact) mass is 340 g/mol. The standard InChI is InChI=1S/C13H13BrN2O2S/c1-3-8-6-9(14)4-5-10(8)15-13-16-11(7-19-13)12(17)18-2/h4-7H,3H2,1-2H3,(H,15,16). The van der Waals surface area contributed by atoms with E-state index in [-0.39, 0.29) is 0 Å². The van der Waals surface area contributed by atoms with Crippen LogP contribution in [-0.2, 0) is 11.2 Å². The van der Waals surface area contributed by atoms with Gasteiger partial charge in [-0.25, -0.2) is 9.78 Å². The lowest BCUT2D eigenvalue weighted by Crippen LogP contribution is -2.02. The van der Waals surface area contributed by atoms with Crippen LogP contribution in [0.2, 0.25) is 0 Å². The number of halogens is 1. The van der Waals surface area contributed by atoms with Crippen LogP contribution < -0.4 is 5.32 Å². The van der Waals surface area contributed by atoms with Crippen molar-refractivity contribution in [2.75, 3.05) is 12.4 Å². The Morgan fingerprint density at radius 2 is 2.32 bits per heavy atom. The van der Waals surface area contributed by atoms with Crippen LogP contribution in [0.15, 0.2) is 28.1 Å². The molecule has 0 unspecified atom stereocenters. The molecule has 19 heavy (non-hydrogen) atoms. The molecule has 1 aromatic carbocycles. The summed E-state index contributed by atoms with van der Waals surface area (Å²) < 4.78 is 5.68. The van der Waals surface area contributed by atoms with E-state index >= 15 is 0 Å². The van der Waals surface area contributed by atoms with Crippen LogP contribution >= 0.6 is 27.3 Å². The number of aryl methyl sites for hydroxylation is 1. The summed E-state index contributed by atoms with van der Waals surface area (Å²) in [6.45, 7) is 2.09. The lowest BCUT2D eigenvalue weighted by molar-refractivity contribution is 0.0595. The minimum Gasteiger partial charge on any atom is -0.464 e. The molecule has 1 heterocycles. The number of thiazole rings is 1. The van der Waals surface area contributed by atoms with Gasteiger partial charge in [-0.05, 0) is 30.2 Å². The molecular weight excluding hydrogens is 328 g/mol. The smallest absolute Gasteiger partial charge is 0.357 e. The zero-order chi connectivity index (χ0) is 13.8. The number of carbonyl (C=O) groups is 1. The number of methoxy groups -OCH3 is 1. The number of carbonyl (C=O) groups excluding carboxylic acids is 1. The molecule has 0 fully saturated rings. The van der Waals surface area contributed by atoms with Crippen LogP contribution in [0.25, 0.3) is 0 Å². The van der Waals surface area contributed by atoms with E-state index in [1.165, 1.54) is 24.0 Å². The zero-order valence-electron chi connectivity index (χ0n) is 10.6. The molecule has 0 saturated heterocycles. The highest BCUT2D eigenvalue weighted by Gasteiger charge is 2.11. The number of anilines is 2. The number of rotatable bonds is 4. The summed E-state index contributed by atoms with van der Waals surface area (Å²) in [6.07, 6.45) is 0.914. The van der Waals surface area contributed by atoms with E-state index in [1.807, 2.05) is 12.1 Å². The summed E-state index contributed by atoms with van der Waals surface area (Å²) in [5.41, 5.74) is 2.51. The lowest BCUT2D eigenvalue weighted by atomic mass is 10.1. The number of benzene rings is 1. The van der Waals surface area contributed by atoms with Gasteiger partial charge < -0.3 is 10.1 Å². The quantitative estimate of drug-likeness (QED) is 0.854. The maximum absolute atomic E-state index is 11.3. The van der Waals surface area contributed by atoms with E-state index in [2.05, 4.69) is 44.0 Å². The highest BCUT2D eigenvalue weighted by atomic mass is 79.9. The van der Waals surface area contributed by atoms with Crippen molar-refractivity contribution < 1.29 is 9.53 Å². The van der Waals surface area contributed by atoms with Crippen molar-refractivity contribution in [1.29, 1.82) is 0 Å². The van der Waals surface area contributed by atoms with Gasteiger partial charge in [0.1, 0.15) is 0 Å². The molecule has 0 atom stereocenters. The number of hydrogen-bond acceptors (Lipinski definition) is 5. The molecule has 100 valence electrons. The van der Waals surface area contributed by atoms with E-state index in [1.54, 1.807) is 5.38 Å². The third kappa shape index (κ3) is 3.33. The third-order valence-electron chi connectivity index (χ3n) is 2.59. The number of hydrogen-bond donors (Lipinski definition) is 1. The number of aromatic nitrogens is 1. The number of nitrogens with zero attached hydrogens (tertiary/aromatic N) is 1. The fourth-order valence-corrected chi connectivity index (χ4v) is 2.72. The summed E-state index contributed by atoms with van der Waals surface area (Å²) in [7, 11) is 1.35.